The maximum Gasteiger partial charge on any atom is 0.191 e. The van der Waals surface area contributed by atoms with E-state index >= 15 is 0 Å². The van der Waals surface area contributed by atoms with E-state index in [4.69, 9.17) is 18.7 Å². The number of nitrogens with one attached hydrogen (secondary N) is 1. The Balaban J connectivity index is 1.57. The quantitative estimate of drug-likeness (QED) is 0.384. The van der Waals surface area contributed by atoms with Crippen molar-refractivity contribution in [3.8, 4) is 28.4 Å². The molecule has 0 saturated carbocycles. The standard InChI is InChI=1S/C24H22N2O5S/c1-28-18-9-6-10-19(29-2)23(18)32-26-24-21-20(31-25-24)12-16(14-7-4-3-5-8-14)17-11-15(13-27)30-22(17)21/h3-10,12,15,27H,11,13H2,1-2H3,(H,25,26). The van der Waals surface area contributed by atoms with Crippen LogP contribution in [0.25, 0.3) is 22.1 Å². The second-order valence-electron chi connectivity index (χ2n) is 7.32. The first-order chi connectivity index (χ1) is 15.7. The van der Waals surface area contributed by atoms with Crippen LogP contribution in [0.5, 0.6) is 17.2 Å². The van der Waals surface area contributed by atoms with Gasteiger partial charge >= 0.3 is 0 Å². The summed E-state index contributed by atoms with van der Waals surface area (Å²) in [6, 6.07) is 17.7. The number of fused-ring (bicyclic) bond motifs is 3. The number of benzene rings is 3. The molecule has 1 aliphatic heterocycles. The summed E-state index contributed by atoms with van der Waals surface area (Å²) >= 11 is 1.32. The van der Waals surface area contributed by atoms with Gasteiger partial charge in [0.25, 0.3) is 0 Å². The number of aliphatic hydroxyl groups excluding tert-OH is 1. The highest BCUT2D eigenvalue weighted by atomic mass is 32.2. The minimum absolute atomic E-state index is 0.0639. The van der Waals surface area contributed by atoms with Gasteiger partial charge in [-0.05, 0) is 41.3 Å². The lowest BCUT2D eigenvalue weighted by Crippen LogP contribution is -2.17. The van der Waals surface area contributed by atoms with Crippen molar-refractivity contribution in [1.82, 2.24) is 5.16 Å². The van der Waals surface area contributed by atoms with Crippen molar-refractivity contribution in [3.63, 3.8) is 0 Å². The molecule has 2 heterocycles. The summed E-state index contributed by atoms with van der Waals surface area (Å²) in [5, 5.41) is 14.7. The molecule has 0 saturated heterocycles. The molecule has 4 aromatic rings. The molecule has 2 N–H and O–H groups in total. The first kappa shape index (κ1) is 20.5. The van der Waals surface area contributed by atoms with E-state index < -0.39 is 0 Å². The second-order valence-corrected chi connectivity index (χ2v) is 8.14. The molecule has 7 nitrogen and oxygen atoms in total. The lowest BCUT2D eigenvalue weighted by molar-refractivity contribution is 0.136. The van der Waals surface area contributed by atoms with Crippen LogP contribution in [-0.2, 0) is 6.42 Å². The van der Waals surface area contributed by atoms with Crippen molar-refractivity contribution in [2.45, 2.75) is 17.4 Å². The van der Waals surface area contributed by atoms with Crippen LogP contribution in [0.1, 0.15) is 5.56 Å². The van der Waals surface area contributed by atoms with Crippen molar-refractivity contribution in [3.05, 3.63) is 60.2 Å². The second kappa shape index (κ2) is 8.64. The molecule has 32 heavy (non-hydrogen) atoms. The third kappa shape index (κ3) is 3.51. The molecule has 0 radical (unpaired) electrons. The van der Waals surface area contributed by atoms with Crippen LogP contribution in [0, 0.1) is 0 Å². The zero-order chi connectivity index (χ0) is 22.1. The van der Waals surface area contributed by atoms with Crippen molar-refractivity contribution in [2.75, 3.05) is 25.5 Å². The monoisotopic (exact) mass is 450 g/mol. The highest BCUT2D eigenvalue weighted by molar-refractivity contribution is 8.00. The summed E-state index contributed by atoms with van der Waals surface area (Å²) in [5.41, 5.74) is 3.72. The SMILES string of the molecule is COc1cccc(OC)c1SNc1noc2cc(-c3ccccc3)c3c(c12)OC(CO)C3. The molecule has 8 heteroatoms. The summed E-state index contributed by atoms with van der Waals surface area (Å²) < 4.78 is 26.0. The van der Waals surface area contributed by atoms with Crippen LogP contribution in [0.3, 0.4) is 0 Å². The molecule has 0 bridgehead atoms. The van der Waals surface area contributed by atoms with E-state index in [2.05, 4.69) is 9.88 Å². The number of hydrogen-bond acceptors (Lipinski definition) is 8. The molecule has 3 aromatic carbocycles. The van der Waals surface area contributed by atoms with Gasteiger partial charge in [0.1, 0.15) is 33.6 Å². The Kier molecular flexibility index (Phi) is 5.55. The fourth-order valence-corrected chi connectivity index (χ4v) is 4.79. The summed E-state index contributed by atoms with van der Waals surface area (Å²) in [5.74, 6) is 2.59. The molecule has 1 unspecified atom stereocenters. The van der Waals surface area contributed by atoms with Crippen LogP contribution >= 0.6 is 11.9 Å². The van der Waals surface area contributed by atoms with Gasteiger partial charge in [0.15, 0.2) is 11.4 Å². The molecule has 1 aliphatic rings. The van der Waals surface area contributed by atoms with Gasteiger partial charge in [0, 0.05) is 12.0 Å². The van der Waals surface area contributed by atoms with Gasteiger partial charge < -0.3 is 28.6 Å². The minimum atomic E-state index is -0.303. The Hall–Kier alpha value is -3.36. The first-order valence-electron chi connectivity index (χ1n) is 10.2. The molecule has 0 spiro atoms. The van der Waals surface area contributed by atoms with Crippen LogP contribution in [0.15, 0.2) is 64.0 Å². The van der Waals surface area contributed by atoms with E-state index in [-0.39, 0.29) is 12.7 Å². The Bertz CT molecular complexity index is 1240. The Morgan fingerprint density at radius 3 is 2.53 bits per heavy atom. The maximum absolute atomic E-state index is 9.75. The van der Waals surface area contributed by atoms with Gasteiger partial charge in [0.05, 0.1) is 20.8 Å². The zero-order valence-electron chi connectivity index (χ0n) is 17.6. The van der Waals surface area contributed by atoms with E-state index in [9.17, 15) is 5.11 Å². The number of methoxy groups -OCH3 is 2. The third-order valence-corrected chi connectivity index (χ3v) is 6.36. The number of aliphatic hydroxyl groups is 1. The maximum atomic E-state index is 9.75. The van der Waals surface area contributed by atoms with Crippen molar-refractivity contribution >= 4 is 28.7 Å². The fraction of sp³-hybridized carbons (Fsp3) is 0.208. The topological polar surface area (TPSA) is 86.0 Å². The number of hydrogen-bond donors (Lipinski definition) is 2. The van der Waals surface area contributed by atoms with Crippen molar-refractivity contribution < 1.29 is 23.8 Å². The van der Waals surface area contributed by atoms with Crippen molar-refractivity contribution in [1.29, 1.82) is 0 Å². The summed E-state index contributed by atoms with van der Waals surface area (Å²) in [7, 11) is 3.23. The van der Waals surface area contributed by atoms with Crippen LogP contribution in [0.2, 0.25) is 0 Å². The average Bonchev–Trinajstić information content (AvgIpc) is 3.46. The molecule has 0 aliphatic carbocycles. The Morgan fingerprint density at radius 2 is 1.84 bits per heavy atom. The fourth-order valence-electron chi connectivity index (χ4n) is 3.94. The van der Waals surface area contributed by atoms with E-state index in [0.29, 0.717) is 35.1 Å². The number of anilines is 1. The normalized spacial score (nSPS) is 14.8. The smallest absolute Gasteiger partial charge is 0.191 e. The van der Waals surface area contributed by atoms with E-state index in [1.165, 1.54) is 11.9 Å². The molecular formula is C24H22N2O5S. The molecule has 0 amide bonds. The molecule has 1 aromatic heterocycles. The summed E-state index contributed by atoms with van der Waals surface area (Å²) in [4.78, 5) is 0.792. The lowest BCUT2D eigenvalue weighted by atomic mass is 9.95. The Morgan fingerprint density at radius 1 is 1.09 bits per heavy atom. The van der Waals surface area contributed by atoms with Gasteiger partial charge in [-0.15, -0.1) is 0 Å². The number of ether oxygens (including phenoxy) is 3. The van der Waals surface area contributed by atoms with Crippen LogP contribution in [0.4, 0.5) is 5.82 Å². The molecular weight excluding hydrogens is 428 g/mol. The number of nitrogens with zero attached hydrogens (tertiary/aromatic N) is 1. The number of aromatic nitrogens is 1. The van der Waals surface area contributed by atoms with Crippen LogP contribution in [-0.4, -0.2) is 37.2 Å². The summed E-state index contributed by atoms with van der Waals surface area (Å²) in [6.45, 7) is -0.0639. The van der Waals surface area contributed by atoms with Gasteiger partial charge in [0.2, 0.25) is 0 Å². The minimum Gasteiger partial charge on any atom is -0.495 e. The van der Waals surface area contributed by atoms with E-state index in [1.54, 1.807) is 14.2 Å². The van der Waals surface area contributed by atoms with Gasteiger partial charge in [-0.3, -0.25) is 0 Å². The predicted octanol–water partition coefficient (Wildman–Crippen LogP) is 4.93. The van der Waals surface area contributed by atoms with Gasteiger partial charge in [-0.25, -0.2) is 0 Å². The first-order valence-corrected chi connectivity index (χ1v) is 11.0. The van der Waals surface area contributed by atoms with E-state index in [1.807, 2.05) is 54.6 Å². The largest absolute Gasteiger partial charge is 0.495 e. The third-order valence-electron chi connectivity index (χ3n) is 5.46. The molecule has 1 atom stereocenters. The van der Waals surface area contributed by atoms with Gasteiger partial charge in [-0.1, -0.05) is 41.6 Å². The van der Waals surface area contributed by atoms with Crippen LogP contribution < -0.4 is 18.9 Å². The van der Waals surface area contributed by atoms with Gasteiger partial charge in [-0.2, -0.15) is 0 Å². The molecule has 0 fully saturated rings. The molecule has 164 valence electrons. The highest BCUT2D eigenvalue weighted by Gasteiger charge is 2.31. The number of rotatable bonds is 7. The molecule has 5 rings (SSSR count). The zero-order valence-corrected chi connectivity index (χ0v) is 18.4. The van der Waals surface area contributed by atoms with Crippen molar-refractivity contribution in [2.24, 2.45) is 0 Å². The predicted molar refractivity (Wildman–Crippen MR) is 124 cm³/mol. The average molecular weight is 451 g/mol. The highest BCUT2D eigenvalue weighted by Crippen LogP contribution is 2.47. The Labute approximate surface area is 189 Å². The summed E-state index contributed by atoms with van der Waals surface area (Å²) in [6.07, 6.45) is 0.312. The lowest BCUT2D eigenvalue weighted by Gasteiger charge is -2.13. The van der Waals surface area contributed by atoms with E-state index in [0.717, 1.165) is 27.0 Å².